The Hall–Kier alpha value is -6.30. The van der Waals surface area contributed by atoms with Gasteiger partial charge in [-0.15, -0.1) is 0 Å². The van der Waals surface area contributed by atoms with Gasteiger partial charge in [-0.3, -0.25) is 0 Å². The Morgan fingerprint density at radius 1 is 0.283 bits per heavy atom. The largest absolute Gasteiger partial charge is 0.504 e. The van der Waals surface area contributed by atoms with Crippen LogP contribution < -0.4 is 0 Å². The molecule has 0 aliphatic rings. The van der Waals surface area contributed by atoms with Crippen molar-refractivity contribution < 1.29 is 61.3 Å². The van der Waals surface area contributed by atoms with E-state index >= 15 is 0 Å². The van der Waals surface area contributed by atoms with Gasteiger partial charge in [0.05, 0.1) is 0 Å². The van der Waals surface area contributed by atoms with Gasteiger partial charge >= 0.3 is 0 Å². The maximum atomic E-state index is 10.9. The Balaban J connectivity index is 1.81. The van der Waals surface area contributed by atoms with Gasteiger partial charge < -0.3 is 61.3 Å². The highest BCUT2D eigenvalue weighted by molar-refractivity contribution is 5.69. The first-order valence-electron chi connectivity index (χ1n) is 13.6. The lowest BCUT2D eigenvalue weighted by atomic mass is 9.67. The van der Waals surface area contributed by atoms with Crippen LogP contribution in [0.5, 0.6) is 69.0 Å². The quantitative estimate of drug-likeness (QED) is 0.0889. The van der Waals surface area contributed by atoms with Crippen molar-refractivity contribution in [1.82, 2.24) is 0 Å². The lowest BCUT2D eigenvalue weighted by molar-refractivity contribution is 0.354. The fourth-order valence-corrected chi connectivity index (χ4v) is 5.94. The topological polar surface area (TPSA) is 243 Å². The van der Waals surface area contributed by atoms with Crippen molar-refractivity contribution in [2.75, 3.05) is 0 Å². The highest BCUT2D eigenvalue weighted by Crippen LogP contribution is 2.55. The van der Waals surface area contributed by atoms with E-state index in [9.17, 15) is 61.3 Å². The zero-order chi connectivity index (χ0) is 33.9. The van der Waals surface area contributed by atoms with Crippen LogP contribution in [0, 0.1) is 0 Å². The van der Waals surface area contributed by atoms with Crippen LogP contribution in [0.25, 0.3) is 0 Å². The lowest BCUT2D eigenvalue weighted by Crippen LogP contribution is -2.28. The Morgan fingerprint density at radius 2 is 0.478 bits per heavy atom. The van der Waals surface area contributed by atoms with Gasteiger partial charge in [0.1, 0.15) is 0 Å². The number of phenolic OH excluding ortho intramolecular Hbond substituents is 12. The van der Waals surface area contributed by atoms with Crippen molar-refractivity contribution in [2.45, 2.75) is 24.7 Å². The molecule has 0 fully saturated rings. The number of hydrogen-bond acceptors (Lipinski definition) is 12. The summed E-state index contributed by atoms with van der Waals surface area (Å²) in [6, 6.07) is 15.7. The summed E-state index contributed by atoms with van der Waals surface area (Å²) in [6.07, 6.45) is 0. The Labute approximate surface area is 261 Å². The third-order valence-corrected chi connectivity index (χ3v) is 8.71. The molecule has 0 saturated carbocycles. The van der Waals surface area contributed by atoms with Gasteiger partial charge in [0.25, 0.3) is 0 Å². The van der Waals surface area contributed by atoms with E-state index in [2.05, 4.69) is 0 Å². The van der Waals surface area contributed by atoms with E-state index in [0.29, 0.717) is 11.1 Å². The minimum Gasteiger partial charge on any atom is -0.504 e. The predicted molar refractivity (Wildman–Crippen MR) is 163 cm³/mol. The van der Waals surface area contributed by atoms with Crippen molar-refractivity contribution in [3.8, 4) is 69.0 Å². The van der Waals surface area contributed by atoms with E-state index in [-0.39, 0.29) is 22.3 Å². The van der Waals surface area contributed by atoms with Crippen LogP contribution in [0.3, 0.4) is 0 Å². The first kappa shape index (κ1) is 31.1. The van der Waals surface area contributed by atoms with E-state index < -0.39 is 79.8 Å². The fraction of sp³-hybridized carbons (Fsp3) is 0.118. The fourth-order valence-electron chi connectivity index (χ4n) is 5.94. The zero-order valence-corrected chi connectivity index (χ0v) is 24.3. The third kappa shape index (κ3) is 4.38. The van der Waals surface area contributed by atoms with Gasteiger partial charge in [-0.05, 0) is 49.2 Å². The average molecular weight is 631 g/mol. The van der Waals surface area contributed by atoms with Crippen molar-refractivity contribution in [3.63, 3.8) is 0 Å². The van der Waals surface area contributed by atoms with E-state index in [1.54, 1.807) is 0 Å². The Morgan fingerprint density at radius 3 is 0.674 bits per heavy atom. The summed E-state index contributed by atoms with van der Waals surface area (Å²) < 4.78 is 0. The summed E-state index contributed by atoms with van der Waals surface area (Å²) in [6.45, 7) is 3.07. The first-order chi connectivity index (χ1) is 21.6. The summed E-state index contributed by atoms with van der Waals surface area (Å²) >= 11 is 0. The highest BCUT2D eigenvalue weighted by Gasteiger charge is 2.41. The van der Waals surface area contributed by atoms with Gasteiger partial charge in [-0.25, -0.2) is 0 Å². The van der Waals surface area contributed by atoms with Gasteiger partial charge in [0, 0.05) is 33.1 Å². The van der Waals surface area contributed by atoms with Crippen LogP contribution in [0.2, 0.25) is 0 Å². The van der Waals surface area contributed by atoms with Crippen LogP contribution in [0.1, 0.15) is 47.2 Å². The standard InChI is InChI=1S/C34H30O12/c1-33(17-7-11-21(35)29(43)25(17)39,18-8-12-22(36)30(44)26(18)40)15-3-5-16(6-4-15)34(2,19-9-13-23(37)31(45)27(19)41)20-10-14-24(38)32(46)28(20)42/h3-14,35-46H,1-2H3. The molecule has 5 aromatic carbocycles. The molecule has 0 spiro atoms. The molecule has 12 nitrogen and oxygen atoms in total. The van der Waals surface area contributed by atoms with Crippen molar-refractivity contribution in [3.05, 3.63) is 106 Å². The van der Waals surface area contributed by atoms with E-state index in [1.807, 2.05) is 0 Å². The van der Waals surface area contributed by atoms with E-state index in [0.717, 1.165) is 24.3 Å². The second-order valence-electron chi connectivity index (χ2n) is 11.1. The average Bonchev–Trinajstić information content (AvgIpc) is 3.03. The molecule has 46 heavy (non-hydrogen) atoms. The smallest absolute Gasteiger partial charge is 0.200 e. The van der Waals surface area contributed by atoms with Crippen molar-refractivity contribution in [1.29, 1.82) is 0 Å². The van der Waals surface area contributed by atoms with Gasteiger partial charge in [-0.2, -0.15) is 0 Å². The van der Waals surface area contributed by atoms with Gasteiger partial charge in [-0.1, -0.05) is 48.5 Å². The normalized spacial score (nSPS) is 11.9. The number of phenols is 12. The van der Waals surface area contributed by atoms with Crippen LogP contribution in [0.4, 0.5) is 0 Å². The number of hydrogen-bond donors (Lipinski definition) is 12. The SMILES string of the molecule is CC(c1ccc(C(C)(c2ccc(O)c(O)c2O)c2ccc(O)c(O)c2O)cc1)(c1ccc(O)c(O)c1O)c1ccc(O)c(O)c1O. The molecule has 5 rings (SSSR count). The van der Waals surface area contributed by atoms with Crippen LogP contribution in [-0.4, -0.2) is 61.3 Å². The van der Waals surface area contributed by atoms with Crippen molar-refractivity contribution in [2.24, 2.45) is 0 Å². The summed E-state index contributed by atoms with van der Waals surface area (Å²) in [7, 11) is 0. The lowest BCUT2D eigenvalue weighted by Gasteiger charge is -2.35. The summed E-state index contributed by atoms with van der Waals surface area (Å²) in [5, 5.41) is 125. The molecule has 0 heterocycles. The molecule has 0 aliphatic heterocycles. The molecule has 0 saturated heterocycles. The molecule has 0 aliphatic carbocycles. The van der Waals surface area contributed by atoms with Crippen LogP contribution >= 0.6 is 0 Å². The number of aromatic hydroxyl groups is 12. The van der Waals surface area contributed by atoms with E-state index in [4.69, 9.17) is 0 Å². The molecular weight excluding hydrogens is 600 g/mol. The first-order valence-corrected chi connectivity index (χ1v) is 13.6. The Kier molecular flexibility index (Phi) is 7.24. The molecule has 238 valence electrons. The molecule has 12 N–H and O–H groups in total. The van der Waals surface area contributed by atoms with Crippen LogP contribution in [0.15, 0.2) is 72.8 Å². The number of benzene rings is 5. The van der Waals surface area contributed by atoms with Gasteiger partial charge in [0.15, 0.2) is 46.0 Å². The minimum atomic E-state index is -1.60. The molecular formula is C34H30O12. The minimum absolute atomic E-state index is 0.0269. The highest BCUT2D eigenvalue weighted by atomic mass is 16.3. The third-order valence-electron chi connectivity index (χ3n) is 8.71. The van der Waals surface area contributed by atoms with E-state index in [1.165, 1.54) is 62.4 Å². The Bertz CT molecular complexity index is 1740. The monoisotopic (exact) mass is 630 g/mol. The zero-order valence-electron chi connectivity index (χ0n) is 24.3. The molecule has 12 heteroatoms. The maximum absolute atomic E-state index is 10.9. The molecule has 0 bridgehead atoms. The molecule has 0 aromatic heterocycles. The van der Waals surface area contributed by atoms with Crippen molar-refractivity contribution >= 4 is 0 Å². The summed E-state index contributed by atoms with van der Waals surface area (Å²) in [4.78, 5) is 0. The summed E-state index contributed by atoms with van der Waals surface area (Å²) in [5.41, 5.74) is -2.68. The number of rotatable bonds is 6. The second-order valence-corrected chi connectivity index (χ2v) is 11.1. The molecule has 0 atom stereocenters. The van der Waals surface area contributed by atoms with Crippen LogP contribution in [-0.2, 0) is 10.8 Å². The maximum Gasteiger partial charge on any atom is 0.200 e. The molecule has 0 amide bonds. The molecule has 0 unspecified atom stereocenters. The second kappa shape index (κ2) is 10.7. The van der Waals surface area contributed by atoms with Gasteiger partial charge in [0.2, 0.25) is 23.0 Å². The predicted octanol–water partition coefficient (Wildman–Crippen LogP) is 4.86. The molecule has 5 aromatic rings. The molecule has 0 radical (unpaired) electrons. The summed E-state index contributed by atoms with van der Waals surface area (Å²) in [5.74, 6) is -8.84.